The molecule has 1 aromatic heterocycles. The minimum Gasteiger partial charge on any atom is -0.488 e. The van der Waals surface area contributed by atoms with Gasteiger partial charge in [0.25, 0.3) is 0 Å². The maximum Gasteiger partial charge on any atom is 0.344 e. The fourth-order valence-electron chi connectivity index (χ4n) is 2.96. The van der Waals surface area contributed by atoms with Crippen LogP contribution < -0.4 is 10.4 Å². The third-order valence-corrected chi connectivity index (χ3v) is 4.30. The highest BCUT2D eigenvalue weighted by atomic mass is 19.1. The number of halogens is 1. The smallest absolute Gasteiger partial charge is 0.344 e. The van der Waals surface area contributed by atoms with Crippen LogP contribution in [0, 0.1) is 12.7 Å². The Morgan fingerprint density at radius 3 is 2.40 bits per heavy atom. The molecule has 4 heteroatoms. The number of benzene rings is 3. The molecule has 0 aliphatic carbocycles. The fourth-order valence-corrected chi connectivity index (χ4v) is 2.96. The Morgan fingerprint density at radius 1 is 0.920 bits per heavy atom. The van der Waals surface area contributed by atoms with Crippen LogP contribution in [0.3, 0.4) is 0 Å². The normalized spacial score (nSPS) is 11.1. The number of ether oxygens (including phenoxy) is 1. The highest BCUT2D eigenvalue weighted by molar-refractivity contribution is 6.05. The van der Waals surface area contributed by atoms with Crippen molar-refractivity contribution in [3.63, 3.8) is 0 Å². The van der Waals surface area contributed by atoms with Crippen molar-refractivity contribution in [3.8, 4) is 5.75 Å². The Morgan fingerprint density at radius 2 is 1.64 bits per heavy atom. The number of rotatable bonds is 3. The third kappa shape index (κ3) is 2.76. The number of fused-ring (bicyclic) bond motifs is 3. The second kappa shape index (κ2) is 6.06. The van der Waals surface area contributed by atoms with E-state index in [0.717, 1.165) is 21.9 Å². The lowest BCUT2D eigenvalue weighted by Crippen LogP contribution is -2.02. The van der Waals surface area contributed by atoms with Crippen LogP contribution in [0.25, 0.3) is 21.7 Å². The van der Waals surface area contributed by atoms with Gasteiger partial charge in [-0.25, -0.2) is 9.18 Å². The van der Waals surface area contributed by atoms with Crippen molar-refractivity contribution in [2.75, 3.05) is 0 Å². The molecule has 0 N–H and O–H groups in total. The van der Waals surface area contributed by atoms with Gasteiger partial charge in [-0.1, -0.05) is 30.3 Å². The molecule has 0 aliphatic heterocycles. The SMILES string of the molecule is Cc1c(OCc2ccc(F)cc2)ccc2c1oc(=O)c1ccccc12. The minimum atomic E-state index is -0.359. The van der Waals surface area contributed by atoms with E-state index in [9.17, 15) is 9.18 Å². The molecule has 0 spiro atoms. The van der Waals surface area contributed by atoms with Gasteiger partial charge in [-0.15, -0.1) is 0 Å². The van der Waals surface area contributed by atoms with E-state index in [-0.39, 0.29) is 11.4 Å². The molecule has 124 valence electrons. The first kappa shape index (κ1) is 15.4. The lowest BCUT2D eigenvalue weighted by atomic mass is 10.0. The zero-order valence-electron chi connectivity index (χ0n) is 13.6. The van der Waals surface area contributed by atoms with Crippen LogP contribution in [0.1, 0.15) is 11.1 Å². The molecule has 3 nitrogen and oxygen atoms in total. The van der Waals surface area contributed by atoms with Crippen molar-refractivity contribution in [2.45, 2.75) is 13.5 Å². The van der Waals surface area contributed by atoms with E-state index in [1.54, 1.807) is 18.2 Å². The van der Waals surface area contributed by atoms with Gasteiger partial charge in [-0.05, 0) is 48.2 Å². The van der Waals surface area contributed by atoms with Gasteiger partial charge in [0, 0.05) is 10.9 Å². The summed E-state index contributed by atoms with van der Waals surface area (Å²) in [5.74, 6) is 0.356. The van der Waals surface area contributed by atoms with Crippen LogP contribution in [0.4, 0.5) is 4.39 Å². The van der Waals surface area contributed by atoms with Crippen LogP contribution in [0.5, 0.6) is 5.75 Å². The molecule has 0 saturated carbocycles. The predicted molar refractivity (Wildman–Crippen MR) is 95.5 cm³/mol. The molecule has 0 bridgehead atoms. The Hall–Kier alpha value is -3.14. The zero-order chi connectivity index (χ0) is 17.4. The number of aryl methyl sites for hydroxylation is 1. The summed E-state index contributed by atoms with van der Waals surface area (Å²) >= 11 is 0. The zero-order valence-corrected chi connectivity index (χ0v) is 13.6. The second-order valence-corrected chi connectivity index (χ2v) is 5.92. The standard InChI is InChI=1S/C21H15FO3/c1-13-19(24-12-14-6-8-15(22)9-7-14)11-10-17-16-4-2-3-5-18(16)21(23)25-20(13)17/h2-11H,12H2,1H3. The fraction of sp³-hybridized carbons (Fsp3) is 0.0952. The van der Waals surface area contributed by atoms with Crippen LogP contribution in [0.15, 0.2) is 69.9 Å². The first-order valence-corrected chi connectivity index (χ1v) is 7.96. The molecule has 0 fully saturated rings. The van der Waals surface area contributed by atoms with Gasteiger partial charge in [-0.3, -0.25) is 0 Å². The Bertz CT molecular complexity index is 1130. The molecule has 0 unspecified atom stereocenters. The van der Waals surface area contributed by atoms with Crippen LogP contribution in [-0.4, -0.2) is 0 Å². The van der Waals surface area contributed by atoms with E-state index >= 15 is 0 Å². The molecule has 25 heavy (non-hydrogen) atoms. The molecule has 3 aromatic carbocycles. The minimum absolute atomic E-state index is 0.278. The predicted octanol–water partition coefficient (Wildman–Crippen LogP) is 4.97. The quantitative estimate of drug-likeness (QED) is 0.392. The lowest BCUT2D eigenvalue weighted by molar-refractivity contribution is 0.304. The molecular weight excluding hydrogens is 319 g/mol. The first-order valence-electron chi connectivity index (χ1n) is 7.96. The molecule has 4 rings (SSSR count). The van der Waals surface area contributed by atoms with Crippen molar-refractivity contribution >= 4 is 21.7 Å². The molecule has 0 aliphatic rings. The maximum absolute atomic E-state index is 13.0. The van der Waals surface area contributed by atoms with E-state index < -0.39 is 0 Å². The summed E-state index contributed by atoms with van der Waals surface area (Å²) < 4.78 is 24.3. The van der Waals surface area contributed by atoms with Gasteiger partial charge in [0.15, 0.2) is 0 Å². The van der Waals surface area contributed by atoms with E-state index in [0.29, 0.717) is 23.3 Å². The van der Waals surface area contributed by atoms with E-state index in [1.165, 1.54) is 12.1 Å². The van der Waals surface area contributed by atoms with Gasteiger partial charge in [0.2, 0.25) is 0 Å². The highest BCUT2D eigenvalue weighted by Crippen LogP contribution is 2.31. The average molecular weight is 334 g/mol. The summed E-state index contributed by atoms with van der Waals surface area (Å²) in [6.07, 6.45) is 0. The van der Waals surface area contributed by atoms with Gasteiger partial charge in [0.1, 0.15) is 23.8 Å². The third-order valence-electron chi connectivity index (χ3n) is 4.30. The van der Waals surface area contributed by atoms with E-state index in [2.05, 4.69) is 0 Å². The second-order valence-electron chi connectivity index (χ2n) is 5.92. The summed E-state index contributed by atoms with van der Waals surface area (Å²) in [4.78, 5) is 12.2. The maximum atomic E-state index is 13.0. The number of hydrogen-bond donors (Lipinski definition) is 0. The Labute approximate surface area is 143 Å². The van der Waals surface area contributed by atoms with Crippen LogP contribution in [0.2, 0.25) is 0 Å². The largest absolute Gasteiger partial charge is 0.488 e. The van der Waals surface area contributed by atoms with Crippen molar-refractivity contribution in [1.82, 2.24) is 0 Å². The van der Waals surface area contributed by atoms with E-state index in [4.69, 9.17) is 9.15 Å². The van der Waals surface area contributed by atoms with Crippen LogP contribution >= 0.6 is 0 Å². The monoisotopic (exact) mass is 334 g/mol. The van der Waals surface area contributed by atoms with Crippen molar-refractivity contribution in [3.05, 3.63) is 88.0 Å². The molecule has 0 atom stereocenters. The van der Waals surface area contributed by atoms with Crippen LogP contribution in [-0.2, 0) is 6.61 Å². The Balaban J connectivity index is 1.76. The van der Waals surface area contributed by atoms with Gasteiger partial charge in [-0.2, -0.15) is 0 Å². The van der Waals surface area contributed by atoms with Gasteiger partial charge in [0.05, 0.1) is 5.39 Å². The molecule has 0 saturated heterocycles. The molecule has 1 heterocycles. The summed E-state index contributed by atoms with van der Waals surface area (Å²) in [5, 5.41) is 2.30. The van der Waals surface area contributed by atoms with Crippen molar-refractivity contribution in [1.29, 1.82) is 0 Å². The van der Waals surface area contributed by atoms with Crippen molar-refractivity contribution < 1.29 is 13.5 Å². The van der Waals surface area contributed by atoms with Crippen molar-refractivity contribution in [2.24, 2.45) is 0 Å². The molecule has 4 aromatic rings. The highest BCUT2D eigenvalue weighted by Gasteiger charge is 2.12. The van der Waals surface area contributed by atoms with E-state index in [1.807, 2.05) is 37.3 Å². The molecular formula is C21H15FO3. The van der Waals surface area contributed by atoms with Gasteiger partial charge < -0.3 is 9.15 Å². The molecule has 0 radical (unpaired) electrons. The summed E-state index contributed by atoms with van der Waals surface area (Å²) in [6, 6.07) is 17.3. The first-order chi connectivity index (χ1) is 12.1. The average Bonchev–Trinajstić information content (AvgIpc) is 2.63. The Kier molecular flexibility index (Phi) is 3.73. The summed E-state index contributed by atoms with van der Waals surface area (Å²) in [7, 11) is 0. The topological polar surface area (TPSA) is 39.4 Å². The summed E-state index contributed by atoms with van der Waals surface area (Å²) in [5.41, 5.74) is 1.80. The molecule has 0 amide bonds. The summed E-state index contributed by atoms with van der Waals surface area (Å²) in [6.45, 7) is 2.17. The van der Waals surface area contributed by atoms with Gasteiger partial charge >= 0.3 is 5.63 Å². The lowest BCUT2D eigenvalue weighted by Gasteiger charge is -2.11. The number of hydrogen-bond acceptors (Lipinski definition) is 3.